The fraction of sp³-hybridized carbons (Fsp3) is 0.556. The lowest BCUT2D eigenvalue weighted by Gasteiger charge is -2.15. The molecule has 0 N–H and O–H groups in total. The Hall–Kier alpha value is -1.25. The van der Waals surface area contributed by atoms with Gasteiger partial charge in [-0.2, -0.15) is 5.10 Å². The predicted octanol–water partition coefficient (Wildman–Crippen LogP) is 3.70. The molecule has 0 aliphatic rings. The van der Waals surface area contributed by atoms with Crippen LogP contribution in [0.3, 0.4) is 0 Å². The van der Waals surface area contributed by atoms with Crippen molar-refractivity contribution in [1.82, 2.24) is 19.2 Å². The standard InChI is InChI=1S/C18H27ClN4O2S/c1-21(10-6-12-24-2)14-23-18(26)22(11-7-13-25-3)17(20-23)15-8-4-5-9-16(15)19/h4-5,8-9H,6-7,10-14H2,1-3H3. The van der Waals surface area contributed by atoms with Crippen LogP contribution >= 0.6 is 23.8 Å². The highest BCUT2D eigenvalue weighted by Crippen LogP contribution is 2.27. The Morgan fingerprint density at radius 1 is 1.15 bits per heavy atom. The van der Waals surface area contributed by atoms with Gasteiger partial charge in [0, 0.05) is 46.1 Å². The molecule has 0 saturated carbocycles. The number of hydrogen-bond donors (Lipinski definition) is 0. The molecule has 0 unspecified atom stereocenters. The van der Waals surface area contributed by atoms with Crippen molar-refractivity contribution in [3.63, 3.8) is 0 Å². The van der Waals surface area contributed by atoms with E-state index in [0.29, 0.717) is 23.1 Å². The molecule has 0 amide bonds. The third-order valence-corrected chi connectivity index (χ3v) is 4.79. The van der Waals surface area contributed by atoms with Crippen molar-refractivity contribution in [3.05, 3.63) is 34.1 Å². The summed E-state index contributed by atoms with van der Waals surface area (Å²) >= 11 is 12.1. The van der Waals surface area contributed by atoms with Crippen LogP contribution in [-0.2, 0) is 22.7 Å². The number of ether oxygens (including phenoxy) is 2. The second kappa shape index (κ2) is 10.8. The first-order valence-corrected chi connectivity index (χ1v) is 9.46. The van der Waals surface area contributed by atoms with Gasteiger partial charge in [-0.25, -0.2) is 4.68 Å². The Bertz CT molecular complexity index is 747. The lowest BCUT2D eigenvalue weighted by Crippen LogP contribution is -2.24. The zero-order valence-electron chi connectivity index (χ0n) is 15.7. The lowest BCUT2D eigenvalue weighted by molar-refractivity contribution is 0.168. The summed E-state index contributed by atoms with van der Waals surface area (Å²) < 4.78 is 14.9. The van der Waals surface area contributed by atoms with Crippen LogP contribution in [0.4, 0.5) is 0 Å². The summed E-state index contributed by atoms with van der Waals surface area (Å²) in [5.41, 5.74) is 0.887. The van der Waals surface area contributed by atoms with Gasteiger partial charge in [-0.15, -0.1) is 0 Å². The summed E-state index contributed by atoms with van der Waals surface area (Å²) in [6.45, 7) is 3.68. The van der Waals surface area contributed by atoms with E-state index in [4.69, 9.17) is 38.4 Å². The smallest absolute Gasteiger partial charge is 0.199 e. The molecule has 2 rings (SSSR count). The lowest BCUT2D eigenvalue weighted by atomic mass is 10.2. The molecule has 2 aromatic rings. The molecule has 6 nitrogen and oxygen atoms in total. The van der Waals surface area contributed by atoms with E-state index < -0.39 is 0 Å². The van der Waals surface area contributed by atoms with Crippen LogP contribution in [0.1, 0.15) is 12.8 Å². The number of halogens is 1. The first-order valence-electron chi connectivity index (χ1n) is 8.67. The highest BCUT2D eigenvalue weighted by Gasteiger charge is 2.15. The van der Waals surface area contributed by atoms with Crippen LogP contribution in [0.25, 0.3) is 11.4 Å². The second-order valence-corrected chi connectivity index (χ2v) is 6.92. The summed E-state index contributed by atoms with van der Waals surface area (Å²) in [5.74, 6) is 0.794. The third kappa shape index (κ3) is 5.62. The van der Waals surface area contributed by atoms with E-state index in [0.717, 1.165) is 43.9 Å². The van der Waals surface area contributed by atoms with E-state index in [2.05, 4.69) is 11.9 Å². The molecule has 0 saturated heterocycles. The van der Waals surface area contributed by atoms with E-state index in [-0.39, 0.29) is 0 Å². The topological polar surface area (TPSA) is 44.5 Å². The van der Waals surface area contributed by atoms with Crippen molar-refractivity contribution in [2.75, 3.05) is 41.0 Å². The van der Waals surface area contributed by atoms with Gasteiger partial charge >= 0.3 is 0 Å². The fourth-order valence-electron chi connectivity index (χ4n) is 2.72. The van der Waals surface area contributed by atoms with Crippen molar-refractivity contribution in [1.29, 1.82) is 0 Å². The summed E-state index contributed by atoms with van der Waals surface area (Å²) in [5, 5.41) is 5.43. The zero-order chi connectivity index (χ0) is 18.9. The summed E-state index contributed by atoms with van der Waals surface area (Å²) in [6, 6.07) is 7.71. The quantitative estimate of drug-likeness (QED) is 0.426. The Labute approximate surface area is 165 Å². The predicted molar refractivity (Wildman–Crippen MR) is 107 cm³/mol. The van der Waals surface area contributed by atoms with E-state index in [1.807, 2.05) is 33.5 Å². The highest BCUT2D eigenvalue weighted by atomic mass is 35.5. The Balaban J connectivity index is 2.28. The molecule has 144 valence electrons. The van der Waals surface area contributed by atoms with Crippen molar-refractivity contribution in [2.45, 2.75) is 26.1 Å². The van der Waals surface area contributed by atoms with Crippen molar-refractivity contribution in [3.8, 4) is 11.4 Å². The van der Waals surface area contributed by atoms with Crippen molar-refractivity contribution in [2.24, 2.45) is 0 Å². The van der Waals surface area contributed by atoms with Crippen LogP contribution in [0.15, 0.2) is 24.3 Å². The second-order valence-electron chi connectivity index (χ2n) is 6.15. The molecule has 8 heteroatoms. The molecule has 1 aromatic heterocycles. The van der Waals surface area contributed by atoms with Gasteiger partial charge in [-0.05, 0) is 44.2 Å². The Kier molecular flexibility index (Phi) is 8.74. The minimum Gasteiger partial charge on any atom is -0.385 e. The molecule has 0 aliphatic carbocycles. The minimum atomic E-state index is 0.622. The van der Waals surface area contributed by atoms with Crippen molar-refractivity contribution < 1.29 is 9.47 Å². The molecule has 1 aromatic carbocycles. The largest absolute Gasteiger partial charge is 0.385 e. The van der Waals surface area contributed by atoms with Gasteiger partial charge in [0.25, 0.3) is 0 Å². The maximum Gasteiger partial charge on any atom is 0.199 e. The third-order valence-electron chi connectivity index (χ3n) is 4.03. The minimum absolute atomic E-state index is 0.622. The molecule has 0 fully saturated rings. The number of rotatable bonds is 11. The average Bonchev–Trinajstić information content (AvgIpc) is 2.92. The maximum absolute atomic E-state index is 6.40. The first kappa shape index (κ1) is 21.1. The number of nitrogens with zero attached hydrogens (tertiary/aromatic N) is 4. The summed E-state index contributed by atoms with van der Waals surface area (Å²) in [4.78, 5) is 2.18. The molecule has 0 spiro atoms. The van der Waals surface area contributed by atoms with Gasteiger partial charge < -0.3 is 9.47 Å². The molecule has 26 heavy (non-hydrogen) atoms. The highest BCUT2D eigenvalue weighted by molar-refractivity contribution is 7.71. The van der Waals surface area contributed by atoms with E-state index >= 15 is 0 Å². The van der Waals surface area contributed by atoms with Crippen molar-refractivity contribution >= 4 is 23.8 Å². The Morgan fingerprint density at radius 3 is 2.54 bits per heavy atom. The van der Waals surface area contributed by atoms with E-state index in [1.165, 1.54) is 0 Å². The molecule has 1 heterocycles. The molecule has 0 bridgehead atoms. The Morgan fingerprint density at radius 2 is 1.85 bits per heavy atom. The molecule has 0 aliphatic heterocycles. The van der Waals surface area contributed by atoms with Crippen LogP contribution in [0, 0.1) is 4.77 Å². The maximum atomic E-state index is 6.40. The van der Waals surface area contributed by atoms with Gasteiger partial charge in [0.1, 0.15) is 0 Å². The van der Waals surface area contributed by atoms with Crippen LogP contribution in [-0.4, -0.2) is 60.3 Å². The molecule has 0 atom stereocenters. The number of benzene rings is 1. The van der Waals surface area contributed by atoms with Gasteiger partial charge in [0.2, 0.25) is 0 Å². The molecular weight excluding hydrogens is 372 g/mol. The summed E-state index contributed by atoms with van der Waals surface area (Å²) in [6.07, 6.45) is 1.82. The SMILES string of the molecule is COCCCN(C)Cn1nc(-c2ccccc2Cl)n(CCCOC)c1=S. The zero-order valence-corrected chi connectivity index (χ0v) is 17.2. The fourth-order valence-corrected chi connectivity index (χ4v) is 3.22. The van der Waals surface area contributed by atoms with E-state index in [9.17, 15) is 0 Å². The number of methoxy groups -OCH3 is 2. The average molecular weight is 399 g/mol. The van der Waals surface area contributed by atoms with Crippen LogP contribution in [0.5, 0.6) is 0 Å². The molecular formula is C18H27ClN4O2S. The number of aromatic nitrogens is 3. The van der Waals surface area contributed by atoms with E-state index in [1.54, 1.807) is 14.2 Å². The van der Waals surface area contributed by atoms with Crippen LogP contribution in [0.2, 0.25) is 5.02 Å². The molecule has 0 radical (unpaired) electrons. The normalized spacial score (nSPS) is 11.4. The monoisotopic (exact) mass is 398 g/mol. The first-order chi connectivity index (χ1) is 12.6. The number of hydrogen-bond acceptors (Lipinski definition) is 5. The van der Waals surface area contributed by atoms with Gasteiger partial charge in [-0.1, -0.05) is 23.7 Å². The summed E-state index contributed by atoms with van der Waals surface area (Å²) in [7, 11) is 5.47. The van der Waals surface area contributed by atoms with Crippen LogP contribution < -0.4 is 0 Å². The van der Waals surface area contributed by atoms with Gasteiger partial charge in [0.15, 0.2) is 10.6 Å². The van der Waals surface area contributed by atoms with Gasteiger partial charge in [0.05, 0.1) is 11.7 Å². The van der Waals surface area contributed by atoms with Gasteiger partial charge in [-0.3, -0.25) is 9.47 Å².